The average molecular weight is 404 g/mol. The first-order valence-electron chi connectivity index (χ1n) is 10.7. The van der Waals surface area contributed by atoms with Crippen LogP contribution < -0.4 is 0 Å². The zero-order valence-electron chi connectivity index (χ0n) is 17.4. The minimum Gasteiger partial charge on any atom is -0.327 e. The van der Waals surface area contributed by atoms with Gasteiger partial charge in [0.15, 0.2) is 0 Å². The van der Waals surface area contributed by atoms with Gasteiger partial charge in [-0.25, -0.2) is 0 Å². The van der Waals surface area contributed by atoms with Crippen molar-refractivity contribution in [2.45, 2.75) is 52.0 Å². The Morgan fingerprint density at radius 1 is 1.03 bits per heavy atom. The summed E-state index contributed by atoms with van der Waals surface area (Å²) >= 11 is 1.81. The molecular weight excluding hydrogens is 374 g/mol. The number of nitrogens with zero attached hydrogens (tertiary/aromatic N) is 1. The molecule has 2 nitrogen and oxygen atoms in total. The van der Waals surface area contributed by atoms with Crippen LogP contribution in [0.5, 0.6) is 0 Å². The molecule has 0 bridgehead atoms. The molecule has 2 heterocycles. The Hall–Kier alpha value is -2.39. The van der Waals surface area contributed by atoms with Crippen LogP contribution in [-0.4, -0.2) is 17.4 Å². The van der Waals surface area contributed by atoms with E-state index in [1.165, 1.54) is 46.4 Å². The zero-order chi connectivity index (χ0) is 20.2. The maximum Gasteiger partial charge on any atom is 0.254 e. The van der Waals surface area contributed by atoms with Crippen molar-refractivity contribution in [3.05, 3.63) is 92.7 Å². The molecule has 1 aliphatic heterocycles. The first kappa shape index (κ1) is 19.9. The number of thiophene rings is 1. The van der Waals surface area contributed by atoms with E-state index in [1.807, 2.05) is 23.5 Å². The van der Waals surface area contributed by atoms with E-state index < -0.39 is 0 Å². The highest BCUT2D eigenvalue weighted by molar-refractivity contribution is 7.10. The second kappa shape index (κ2) is 8.96. The Morgan fingerprint density at radius 2 is 1.79 bits per heavy atom. The molecule has 0 radical (unpaired) electrons. The molecule has 29 heavy (non-hydrogen) atoms. The number of hydrogen-bond donors (Lipinski definition) is 0. The van der Waals surface area contributed by atoms with Gasteiger partial charge >= 0.3 is 0 Å². The summed E-state index contributed by atoms with van der Waals surface area (Å²) in [6, 6.07) is 19.1. The summed E-state index contributed by atoms with van der Waals surface area (Å²) in [7, 11) is 0. The van der Waals surface area contributed by atoms with E-state index >= 15 is 0 Å². The molecule has 0 unspecified atom stereocenters. The average Bonchev–Trinajstić information content (AvgIpc) is 3.23. The van der Waals surface area contributed by atoms with Crippen LogP contribution in [0.3, 0.4) is 0 Å². The first-order valence-corrected chi connectivity index (χ1v) is 11.6. The molecule has 1 aromatic heterocycles. The molecule has 0 saturated heterocycles. The van der Waals surface area contributed by atoms with Gasteiger partial charge in [-0.05, 0) is 66.5 Å². The Kier molecular flexibility index (Phi) is 6.15. The van der Waals surface area contributed by atoms with Crippen molar-refractivity contribution in [2.75, 3.05) is 6.54 Å². The Balaban J connectivity index is 1.60. The standard InChI is InChI=1S/C26H29NOS/c1-3-4-5-6-20-9-13-22(14-10-20)26(28)27-17-15-24-23(16-18-29-24)25(27)21-11-7-19(2)8-12-21/h7-14,16,18,25H,3-6,15,17H2,1-2H3/t25-/m1/s1. The fourth-order valence-corrected chi connectivity index (χ4v) is 5.11. The predicted octanol–water partition coefficient (Wildman–Crippen LogP) is 6.58. The molecular formula is C26H29NOS. The molecule has 4 rings (SSSR count). The smallest absolute Gasteiger partial charge is 0.254 e. The molecule has 2 aromatic carbocycles. The summed E-state index contributed by atoms with van der Waals surface area (Å²) in [6.45, 7) is 5.10. The highest BCUT2D eigenvalue weighted by atomic mass is 32.1. The van der Waals surface area contributed by atoms with Gasteiger partial charge in [0.25, 0.3) is 5.91 Å². The summed E-state index contributed by atoms with van der Waals surface area (Å²) < 4.78 is 0. The number of carbonyl (C=O) groups excluding carboxylic acids is 1. The lowest BCUT2D eigenvalue weighted by molar-refractivity contribution is 0.0696. The number of carbonyl (C=O) groups is 1. The van der Waals surface area contributed by atoms with Crippen molar-refractivity contribution >= 4 is 17.2 Å². The quantitative estimate of drug-likeness (QED) is 0.426. The molecule has 0 aliphatic carbocycles. The number of fused-ring (bicyclic) bond motifs is 1. The summed E-state index contributed by atoms with van der Waals surface area (Å²) in [4.78, 5) is 17.0. The molecule has 0 spiro atoms. The van der Waals surface area contributed by atoms with E-state index in [9.17, 15) is 4.79 Å². The van der Waals surface area contributed by atoms with Gasteiger partial charge in [-0.15, -0.1) is 11.3 Å². The molecule has 3 heteroatoms. The lowest BCUT2D eigenvalue weighted by Gasteiger charge is -2.36. The van der Waals surface area contributed by atoms with Crippen LogP contribution in [-0.2, 0) is 12.8 Å². The summed E-state index contributed by atoms with van der Waals surface area (Å²) in [5.74, 6) is 0.132. The number of unbranched alkanes of at least 4 members (excludes halogenated alkanes) is 2. The van der Waals surface area contributed by atoms with Crippen molar-refractivity contribution in [2.24, 2.45) is 0 Å². The highest BCUT2D eigenvalue weighted by Gasteiger charge is 2.33. The van der Waals surface area contributed by atoms with E-state index in [0.29, 0.717) is 0 Å². The summed E-state index contributed by atoms with van der Waals surface area (Å²) in [6.07, 6.45) is 5.74. The van der Waals surface area contributed by atoms with Crippen LogP contribution in [0.4, 0.5) is 0 Å². The van der Waals surface area contributed by atoms with E-state index in [-0.39, 0.29) is 11.9 Å². The lowest BCUT2D eigenvalue weighted by Crippen LogP contribution is -2.40. The fraction of sp³-hybridized carbons (Fsp3) is 0.346. The minimum absolute atomic E-state index is 0.00216. The van der Waals surface area contributed by atoms with Crippen LogP contribution in [0.15, 0.2) is 60.0 Å². The van der Waals surface area contributed by atoms with E-state index in [2.05, 4.69) is 66.6 Å². The van der Waals surface area contributed by atoms with Gasteiger partial charge in [-0.3, -0.25) is 4.79 Å². The highest BCUT2D eigenvalue weighted by Crippen LogP contribution is 2.38. The molecule has 0 saturated carbocycles. The van der Waals surface area contributed by atoms with E-state index in [4.69, 9.17) is 0 Å². The van der Waals surface area contributed by atoms with Gasteiger partial charge in [0.1, 0.15) is 0 Å². The van der Waals surface area contributed by atoms with Crippen molar-refractivity contribution < 1.29 is 4.79 Å². The van der Waals surface area contributed by atoms with Gasteiger partial charge in [0.2, 0.25) is 0 Å². The first-order chi connectivity index (χ1) is 14.2. The minimum atomic E-state index is 0.00216. The Morgan fingerprint density at radius 3 is 2.52 bits per heavy atom. The van der Waals surface area contributed by atoms with Gasteiger partial charge in [0, 0.05) is 17.0 Å². The monoisotopic (exact) mass is 403 g/mol. The SMILES string of the molecule is CCCCCc1ccc(C(=O)N2CCc3sccc3[C@H]2c2ccc(C)cc2)cc1. The molecule has 1 atom stereocenters. The molecule has 0 fully saturated rings. The van der Waals surface area contributed by atoms with E-state index in [1.54, 1.807) is 0 Å². The Bertz CT molecular complexity index is 955. The second-order valence-corrected chi connectivity index (χ2v) is 9.02. The third-order valence-corrected chi connectivity index (χ3v) is 6.89. The van der Waals surface area contributed by atoms with Gasteiger partial charge in [-0.1, -0.05) is 61.7 Å². The topological polar surface area (TPSA) is 20.3 Å². The van der Waals surface area contributed by atoms with Gasteiger partial charge in [0.05, 0.1) is 6.04 Å². The van der Waals surface area contributed by atoms with Crippen LogP contribution in [0.2, 0.25) is 0 Å². The van der Waals surface area contributed by atoms with E-state index in [0.717, 1.165) is 24.9 Å². The second-order valence-electron chi connectivity index (χ2n) is 8.01. The van der Waals surface area contributed by atoms with Crippen molar-refractivity contribution in [3.63, 3.8) is 0 Å². The van der Waals surface area contributed by atoms with Crippen LogP contribution in [0, 0.1) is 6.92 Å². The molecule has 3 aromatic rings. The number of amides is 1. The third-order valence-electron chi connectivity index (χ3n) is 5.89. The van der Waals surface area contributed by atoms with Crippen molar-refractivity contribution in [1.82, 2.24) is 4.90 Å². The number of hydrogen-bond acceptors (Lipinski definition) is 2. The molecule has 1 amide bonds. The zero-order valence-corrected chi connectivity index (χ0v) is 18.2. The third kappa shape index (κ3) is 4.30. The summed E-state index contributed by atoms with van der Waals surface area (Å²) in [5.41, 5.74) is 5.84. The number of aryl methyl sites for hydroxylation is 2. The number of benzene rings is 2. The van der Waals surface area contributed by atoms with Crippen LogP contribution >= 0.6 is 11.3 Å². The molecule has 0 N–H and O–H groups in total. The number of rotatable bonds is 6. The largest absolute Gasteiger partial charge is 0.327 e. The van der Waals surface area contributed by atoms with Crippen LogP contribution in [0.25, 0.3) is 0 Å². The van der Waals surface area contributed by atoms with Crippen molar-refractivity contribution in [1.29, 1.82) is 0 Å². The summed E-state index contributed by atoms with van der Waals surface area (Å²) in [5, 5.41) is 2.16. The normalized spacial score (nSPS) is 15.9. The molecule has 1 aliphatic rings. The fourth-order valence-electron chi connectivity index (χ4n) is 4.20. The van der Waals surface area contributed by atoms with Crippen LogP contribution in [0.1, 0.15) is 69.7 Å². The lowest BCUT2D eigenvalue weighted by atomic mass is 9.92. The van der Waals surface area contributed by atoms with Crippen molar-refractivity contribution in [3.8, 4) is 0 Å². The molecule has 150 valence electrons. The Labute approximate surface area is 178 Å². The predicted molar refractivity (Wildman–Crippen MR) is 122 cm³/mol. The van der Waals surface area contributed by atoms with Gasteiger partial charge < -0.3 is 4.90 Å². The maximum atomic E-state index is 13.5. The van der Waals surface area contributed by atoms with Gasteiger partial charge in [-0.2, -0.15) is 0 Å². The maximum absolute atomic E-state index is 13.5.